The first-order valence-electron chi connectivity index (χ1n) is 5.72. The summed E-state index contributed by atoms with van der Waals surface area (Å²) in [5.74, 6) is 1.01. The van der Waals surface area contributed by atoms with Gasteiger partial charge in [0.2, 0.25) is 0 Å². The lowest BCUT2D eigenvalue weighted by Crippen LogP contribution is -2.25. The summed E-state index contributed by atoms with van der Waals surface area (Å²) < 4.78 is 5.67. The first kappa shape index (κ1) is 12.2. The number of rotatable bonds is 4. The Morgan fingerprint density at radius 3 is 2.87 bits per heavy atom. The summed E-state index contributed by atoms with van der Waals surface area (Å²) in [6, 6.07) is 0. The fourth-order valence-electron chi connectivity index (χ4n) is 1.81. The van der Waals surface area contributed by atoms with E-state index in [4.69, 9.17) is 4.74 Å². The Kier molecular flexibility index (Phi) is 5.40. The second-order valence-corrected chi connectivity index (χ2v) is 4.10. The van der Waals surface area contributed by atoms with E-state index in [1.807, 2.05) is 14.0 Å². The lowest BCUT2D eigenvalue weighted by Gasteiger charge is -2.22. The maximum atomic E-state index is 5.67. The Morgan fingerprint density at radius 2 is 2.33 bits per heavy atom. The molecule has 1 atom stereocenters. The number of aliphatic imine (C=N–C) groups is 1. The third kappa shape index (κ3) is 4.98. The highest BCUT2D eigenvalue weighted by Gasteiger charge is 2.14. The van der Waals surface area contributed by atoms with Crippen molar-refractivity contribution in [2.45, 2.75) is 45.1 Å². The number of hydrogen-bond donors (Lipinski definition) is 1. The van der Waals surface area contributed by atoms with Crippen molar-refractivity contribution in [2.75, 3.05) is 13.7 Å². The number of amidine groups is 1. The van der Waals surface area contributed by atoms with E-state index in [-0.39, 0.29) is 0 Å². The predicted molar refractivity (Wildman–Crippen MR) is 64.1 cm³/mol. The van der Waals surface area contributed by atoms with Crippen molar-refractivity contribution < 1.29 is 4.74 Å². The van der Waals surface area contributed by atoms with Crippen molar-refractivity contribution >= 4 is 5.84 Å². The predicted octanol–water partition coefficient (Wildman–Crippen LogP) is 2.49. The standard InChI is InChI=1S/C12H22N2O/c1-10(2)14-12(13-3)8-7-11-6-4-5-9-15-11/h11H,1,4-9H2,2-3H3,(H,13,14). The minimum Gasteiger partial charge on any atom is -0.378 e. The van der Waals surface area contributed by atoms with Crippen LogP contribution < -0.4 is 5.32 Å². The molecule has 1 heterocycles. The van der Waals surface area contributed by atoms with Crippen LogP contribution in [0.3, 0.4) is 0 Å². The van der Waals surface area contributed by atoms with Gasteiger partial charge in [-0.25, -0.2) is 0 Å². The Balaban J connectivity index is 2.24. The molecule has 0 aromatic carbocycles. The van der Waals surface area contributed by atoms with Crippen LogP contribution in [0.4, 0.5) is 0 Å². The van der Waals surface area contributed by atoms with E-state index in [0.717, 1.165) is 31.0 Å². The Labute approximate surface area is 92.6 Å². The molecular formula is C12H22N2O. The van der Waals surface area contributed by atoms with Crippen LogP contribution in [-0.2, 0) is 4.74 Å². The molecule has 3 nitrogen and oxygen atoms in total. The van der Waals surface area contributed by atoms with E-state index in [1.165, 1.54) is 19.3 Å². The van der Waals surface area contributed by atoms with Gasteiger partial charge >= 0.3 is 0 Å². The molecule has 1 fully saturated rings. The molecule has 0 amide bonds. The zero-order valence-electron chi connectivity index (χ0n) is 9.88. The van der Waals surface area contributed by atoms with Crippen molar-refractivity contribution in [3.05, 3.63) is 12.3 Å². The van der Waals surface area contributed by atoms with E-state index >= 15 is 0 Å². The molecule has 1 unspecified atom stereocenters. The lowest BCUT2D eigenvalue weighted by atomic mass is 10.0. The Morgan fingerprint density at radius 1 is 1.53 bits per heavy atom. The van der Waals surface area contributed by atoms with Gasteiger partial charge in [-0.2, -0.15) is 0 Å². The summed E-state index contributed by atoms with van der Waals surface area (Å²) in [6.07, 6.45) is 6.17. The molecule has 15 heavy (non-hydrogen) atoms. The summed E-state index contributed by atoms with van der Waals surface area (Å²) in [5.41, 5.74) is 0.945. The highest BCUT2D eigenvalue weighted by Crippen LogP contribution is 2.16. The molecule has 3 heteroatoms. The van der Waals surface area contributed by atoms with Crippen molar-refractivity contribution in [1.82, 2.24) is 5.32 Å². The molecule has 0 aromatic heterocycles. The van der Waals surface area contributed by atoms with Crippen LogP contribution in [0.15, 0.2) is 17.3 Å². The number of nitrogens with one attached hydrogen (secondary N) is 1. The van der Waals surface area contributed by atoms with E-state index < -0.39 is 0 Å². The zero-order chi connectivity index (χ0) is 11.1. The van der Waals surface area contributed by atoms with E-state index in [0.29, 0.717) is 6.10 Å². The molecule has 0 aromatic rings. The van der Waals surface area contributed by atoms with E-state index in [1.54, 1.807) is 0 Å². The molecule has 0 spiro atoms. The number of nitrogens with zero attached hydrogens (tertiary/aromatic N) is 1. The highest BCUT2D eigenvalue weighted by atomic mass is 16.5. The Hall–Kier alpha value is -0.830. The quantitative estimate of drug-likeness (QED) is 0.571. The molecular weight excluding hydrogens is 188 g/mol. The molecule has 1 rings (SSSR count). The maximum absolute atomic E-state index is 5.67. The average Bonchev–Trinajstić information content (AvgIpc) is 2.25. The van der Waals surface area contributed by atoms with Gasteiger partial charge in [0.15, 0.2) is 0 Å². The molecule has 0 saturated carbocycles. The molecule has 1 saturated heterocycles. The van der Waals surface area contributed by atoms with E-state index in [9.17, 15) is 0 Å². The van der Waals surface area contributed by atoms with Crippen molar-refractivity contribution in [2.24, 2.45) is 4.99 Å². The molecule has 1 N–H and O–H groups in total. The minimum absolute atomic E-state index is 0.433. The van der Waals surface area contributed by atoms with Gasteiger partial charge in [-0.05, 0) is 32.6 Å². The van der Waals surface area contributed by atoms with Gasteiger partial charge in [-0.15, -0.1) is 0 Å². The van der Waals surface area contributed by atoms with Gasteiger partial charge in [-0.3, -0.25) is 4.99 Å². The number of hydrogen-bond acceptors (Lipinski definition) is 2. The average molecular weight is 210 g/mol. The van der Waals surface area contributed by atoms with Crippen LogP contribution in [0.2, 0.25) is 0 Å². The number of ether oxygens (including phenoxy) is 1. The monoisotopic (exact) mass is 210 g/mol. The first-order valence-corrected chi connectivity index (χ1v) is 5.72. The summed E-state index contributed by atoms with van der Waals surface area (Å²) in [6.45, 7) is 6.69. The van der Waals surface area contributed by atoms with Crippen LogP contribution in [0.1, 0.15) is 39.0 Å². The zero-order valence-corrected chi connectivity index (χ0v) is 9.88. The van der Waals surface area contributed by atoms with Gasteiger partial charge in [-0.1, -0.05) is 6.58 Å². The minimum atomic E-state index is 0.433. The van der Waals surface area contributed by atoms with Gasteiger partial charge in [0, 0.05) is 25.8 Å². The smallest absolute Gasteiger partial charge is 0.100 e. The van der Waals surface area contributed by atoms with Crippen molar-refractivity contribution in [1.29, 1.82) is 0 Å². The van der Waals surface area contributed by atoms with Gasteiger partial charge in [0.05, 0.1) is 6.10 Å². The van der Waals surface area contributed by atoms with Crippen molar-refractivity contribution in [3.8, 4) is 0 Å². The molecule has 0 aliphatic carbocycles. The number of allylic oxidation sites excluding steroid dienone is 1. The normalized spacial score (nSPS) is 22.5. The second kappa shape index (κ2) is 6.62. The Bertz CT molecular complexity index is 230. The molecule has 1 aliphatic rings. The largest absolute Gasteiger partial charge is 0.378 e. The van der Waals surface area contributed by atoms with Crippen LogP contribution in [0.25, 0.3) is 0 Å². The SMILES string of the molecule is C=C(C)NC(CCC1CCCCO1)=NC. The van der Waals surface area contributed by atoms with Crippen LogP contribution in [0, 0.1) is 0 Å². The summed E-state index contributed by atoms with van der Waals surface area (Å²) in [5, 5.41) is 3.17. The van der Waals surface area contributed by atoms with Gasteiger partial charge in [0.25, 0.3) is 0 Å². The van der Waals surface area contributed by atoms with Crippen LogP contribution >= 0.6 is 0 Å². The molecule has 0 bridgehead atoms. The first-order chi connectivity index (χ1) is 7.22. The van der Waals surface area contributed by atoms with Crippen LogP contribution in [0.5, 0.6) is 0 Å². The van der Waals surface area contributed by atoms with Gasteiger partial charge in [0.1, 0.15) is 5.84 Å². The summed E-state index contributed by atoms with van der Waals surface area (Å²) >= 11 is 0. The second-order valence-electron chi connectivity index (χ2n) is 4.10. The van der Waals surface area contributed by atoms with Crippen molar-refractivity contribution in [3.63, 3.8) is 0 Å². The van der Waals surface area contributed by atoms with Gasteiger partial charge < -0.3 is 10.1 Å². The lowest BCUT2D eigenvalue weighted by molar-refractivity contribution is 0.0124. The summed E-state index contributed by atoms with van der Waals surface area (Å²) in [4.78, 5) is 4.20. The van der Waals surface area contributed by atoms with E-state index in [2.05, 4.69) is 16.9 Å². The summed E-state index contributed by atoms with van der Waals surface area (Å²) in [7, 11) is 1.81. The van der Waals surface area contributed by atoms with Crippen LogP contribution in [-0.4, -0.2) is 25.6 Å². The maximum Gasteiger partial charge on any atom is 0.100 e. The molecule has 0 radical (unpaired) electrons. The fraction of sp³-hybridized carbons (Fsp3) is 0.750. The third-order valence-electron chi connectivity index (χ3n) is 2.60. The highest BCUT2D eigenvalue weighted by molar-refractivity contribution is 5.83. The molecule has 86 valence electrons. The third-order valence-corrected chi connectivity index (χ3v) is 2.60. The molecule has 1 aliphatic heterocycles. The fourth-order valence-corrected chi connectivity index (χ4v) is 1.81. The topological polar surface area (TPSA) is 33.6 Å².